The van der Waals surface area contributed by atoms with Gasteiger partial charge in [-0.05, 0) is 19.8 Å². The summed E-state index contributed by atoms with van der Waals surface area (Å²) >= 11 is 0. The summed E-state index contributed by atoms with van der Waals surface area (Å²) < 4.78 is 22.7. The van der Waals surface area contributed by atoms with Crippen LogP contribution in [-0.4, -0.2) is 61.9 Å². The first-order valence-corrected chi connectivity index (χ1v) is 8.13. The van der Waals surface area contributed by atoms with Gasteiger partial charge in [0.2, 0.25) is 5.91 Å². The van der Waals surface area contributed by atoms with E-state index in [1.807, 2.05) is 4.90 Å². The number of carbonyl (C=O) groups excluding carboxylic acids is 1. The number of rotatable bonds is 5. The fourth-order valence-electron chi connectivity index (χ4n) is 2.23. The van der Waals surface area contributed by atoms with Crippen molar-refractivity contribution in [2.75, 3.05) is 31.1 Å². The van der Waals surface area contributed by atoms with Gasteiger partial charge in [-0.1, -0.05) is 0 Å². The summed E-state index contributed by atoms with van der Waals surface area (Å²) in [7, 11) is -2.88. The van der Waals surface area contributed by atoms with Crippen LogP contribution in [0, 0.1) is 0 Å². The second-order valence-corrected chi connectivity index (χ2v) is 7.85. The van der Waals surface area contributed by atoms with Crippen molar-refractivity contribution >= 4 is 15.7 Å². The standard InChI is InChI=1S/C11H21N3O3S/c1-11(10(12)15,13-9-2-3-9)8-14-4-6-18(16,17)7-5-14/h9,13H,2-8H2,1H3,(H2,12,15). The van der Waals surface area contributed by atoms with Crippen molar-refractivity contribution in [3.63, 3.8) is 0 Å². The first-order chi connectivity index (χ1) is 8.31. The van der Waals surface area contributed by atoms with Crippen LogP contribution in [0.3, 0.4) is 0 Å². The molecule has 1 saturated carbocycles. The predicted octanol–water partition coefficient (Wildman–Crippen LogP) is -1.29. The van der Waals surface area contributed by atoms with E-state index < -0.39 is 15.4 Å². The van der Waals surface area contributed by atoms with Gasteiger partial charge in [-0.3, -0.25) is 15.0 Å². The second-order valence-electron chi connectivity index (χ2n) is 5.54. The third-order valence-electron chi connectivity index (χ3n) is 3.62. The zero-order valence-corrected chi connectivity index (χ0v) is 11.5. The Morgan fingerprint density at radius 2 is 1.94 bits per heavy atom. The minimum absolute atomic E-state index is 0.172. The van der Waals surface area contributed by atoms with Crippen LogP contribution in [0.25, 0.3) is 0 Å². The van der Waals surface area contributed by atoms with E-state index >= 15 is 0 Å². The molecule has 18 heavy (non-hydrogen) atoms. The Labute approximate surface area is 108 Å². The smallest absolute Gasteiger partial charge is 0.238 e. The molecule has 1 amide bonds. The Morgan fingerprint density at radius 1 is 1.39 bits per heavy atom. The molecule has 0 aromatic heterocycles. The molecular formula is C11H21N3O3S. The van der Waals surface area contributed by atoms with Gasteiger partial charge in [-0.25, -0.2) is 8.42 Å². The number of nitrogens with two attached hydrogens (primary N) is 1. The van der Waals surface area contributed by atoms with Gasteiger partial charge in [0, 0.05) is 25.7 Å². The maximum Gasteiger partial charge on any atom is 0.238 e. The van der Waals surface area contributed by atoms with Crippen LogP contribution >= 0.6 is 0 Å². The van der Waals surface area contributed by atoms with Crippen molar-refractivity contribution in [3.05, 3.63) is 0 Å². The van der Waals surface area contributed by atoms with Crippen LogP contribution in [0.15, 0.2) is 0 Å². The lowest BCUT2D eigenvalue weighted by molar-refractivity contribution is -0.124. The molecule has 0 aromatic rings. The molecule has 2 fully saturated rings. The minimum Gasteiger partial charge on any atom is -0.368 e. The van der Waals surface area contributed by atoms with E-state index in [4.69, 9.17) is 5.73 Å². The van der Waals surface area contributed by atoms with Crippen molar-refractivity contribution in [3.8, 4) is 0 Å². The Bertz CT molecular complexity index is 419. The van der Waals surface area contributed by atoms with Gasteiger partial charge in [0.25, 0.3) is 0 Å². The lowest BCUT2D eigenvalue weighted by Crippen LogP contribution is -2.61. The lowest BCUT2D eigenvalue weighted by atomic mass is 10.0. The van der Waals surface area contributed by atoms with Gasteiger partial charge < -0.3 is 5.73 Å². The lowest BCUT2D eigenvalue weighted by Gasteiger charge is -2.35. The van der Waals surface area contributed by atoms with E-state index in [0.29, 0.717) is 25.7 Å². The zero-order chi connectivity index (χ0) is 13.4. The molecule has 1 aliphatic heterocycles. The third-order valence-corrected chi connectivity index (χ3v) is 5.23. The molecule has 2 aliphatic rings. The third kappa shape index (κ3) is 3.43. The quantitative estimate of drug-likeness (QED) is 0.651. The molecular weight excluding hydrogens is 254 g/mol. The molecule has 0 bridgehead atoms. The summed E-state index contributed by atoms with van der Waals surface area (Å²) in [4.78, 5) is 13.6. The van der Waals surface area contributed by atoms with Crippen molar-refractivity contribution in [1.29, 1.82) is 0 Å². The van der Waals surface area contributed by atoms with Crippen LogP contribution < -0.4 is 11.1 Å². The predicted molar refractivity (Wildman–Crippen MR) is 68.9 cm³/mol. The maximum absolute atomic E-state index is 11.6. The average Bonchev–Trinajstić information content (AvgIpc) is 3.05. The molecule has 1 atom stereocenters. The normalized spacial score (nSPS) is 27.6. The highest BCUT2D eigenvalue weighted by molar-refractivity contribution is 7.91. The Morgan fingerprint density at radius 3 is 2.39 bits per heavy atom. The van der Waals surface area contributed by atoms with Crippen LogP contribution in [0.1, 0.15) is 19.8 Å². The molecule has 1 saturated heterocycles. The van der Waals surface area contributed by atoms with E-state index in [0.717, 1.165) is 12.8 Å². The van der Waals surface area contributed by atoms with Crippen LogP contribution in [0.2, 0.25) is 0 Å². The molecule has 7 heteroatoms. The summed E-state index contributed by atoms with van der Waals surface area (Å²) in [5.41, 5.74) is 4.71. The summed E-state index contributed by atoms with van der Waals surface area (Å²) in [5.74, 6) is -0.0286. The number of amides is 1. The number of hydrogen-bond acceptors (Lipinski definition) is 5. The van der Waals surface area contributed by atoms with Crippen LogP contribution in [0.4, 0.5) is 0 Å². The number of nitrogens with one attached hydrogen (secondary N) is 1. The largest absolute Gasteiger partial charge is 0.368 e. The number of sulfone groups is 1. The highest BCUT2D eigenvalue weighted by Crippen LogP contribution is 2.23. The van der Waals surface area contributed by atoms with E-state index in [2.05, 4.69) is 5.32 Å². The molecule has 1 aliphatic carbocycles. The summed E-state index contributed by atoms with van der Waals surface area (Å²) in [6.07, 6.45) is 2.16. The second kappa shape index (κ2) is 4.79. The fraction of sp³-hybridized carbons (Fsp3) is 0.909. The van der Waals surface area contributed by atoms with E-state index in [1.165, 1.54) is 0 Å². The summed E-state index contributed by atoms with van der Waals surface area (Å²) in [6, 6.07) is 0.385. The van der Waals surface area contributed by atoms with Crippen LogP contribution in [0.5, 0.6) is 0 Å². The van der Waals surface area contributed by atoms with Gasteiger partial charge in [-0.2, -0.15) is 0 Å². The summed E-state index contributed by atoms with van der Waals surface area (Å²) in [5, 5.41) is 3.27. The number of hydrogen-bond donors (Lipinski definition) is 2. The first kappa shape index (κ1) is 13.8. The molecule has 104 valence electrons. The number of carbonyl (C=O) groups is 1. The van der Waals surface area contributed by atoms with Crippen molar-refractivity contribution in [1.82, 2.24) is 10.2 Å². The Hall–Kier alpha value is -0.660. The molecule has 6 nitrogen and oxygen atoms in total. The number of primary amides is 1. The SMILES string of the molecule is CC(CN1CCS(=O)(=O)CC1)(NC1CC1)C(N)=O. The topological polar surface area (TPSA) is 92.5 Å². The highest BCUT2D eigenvalue weighted by atomic mass is 32.2. The first-order valence-electron chi connectivity index (χ1n) is 6.31. The van der Waals surface area contributed by atoms with E-state index in [9.17, 15) is 13.2 Å². The molecule has 0 aromatic carbocycles. The van der Waals surface area contributed by atoms with Gasteiger partial charge in [0.05, 0.1) is 11.5 Å². The monoisotopic (exact) mass is 275 g/mol. The van der Waals surface area contributed by atoms with E-state index in [1.54, 1.807) is 6.92 Å². The Kier molecular flexibility index (Phi) is 3.66. The molecule has 3 N–H and O–H groups in total. The Balaban J connectivity index is 1.94. The minimum atomic E-state index is -2.88. The van der Waals surface area contributed by atoms with Crippen molar-refractivity contribution in [2.24, 2.45) is 5.73 Å². The molecule has 2 rings (SSSR count). The zero-order valence-electron chi connectivity index (χ0n) is 10.7. The molecule has 1 unspecified atom stereocenters. The van der Waals surface area contributed by atoms with Crippen molar-refractivity contribution in [2.45, 2.75) is 31.3 Å². The summed E-state index contributed by atoms with van der Waals surface area (Å²) in [6.45, 7) is 3.25. The van der Waals surface area contributed by atoms with Gasteiger partial charge in [-0.15, -0.1) is 0 Å². The molecule has 0 radical (unpaired) electrons. The highest BCUT2D eigenvalue weighted by Gasteiger charge is 2.39. The van der Waals surface area contributed by atoms with Gasteiger partial charge >= 0.3 is 0 Å². The number of nitrogens with zero attached hydrogens (tertiary/aromatic N) is 1. The fourth-order valence-corrected chi connectivity index (χ4v) is 3.51. The maximum atomic E-state index is 11.6. The van der Waals surface area contributed by atoms with Gasteiger partial charge in [0.15, 0.2) is 9.84 Å². The van der Waals surface area contributed by atoms with Crippen LogP contribution in [-0.2, 0) is 14.6 Å². The van der Waals surface area contributed by atoms with Gasteiger partial charge in [0.1, 0.15) is 5.54 Å². The molecule has 0 spiro atoms. The average molecular weight is 275 g/mol. The van der Waals surface area contributed by atoms with Crippen molar-refractivity contribution < 1.29 is 13.2 Å². The molecule has 1 heterocycles. The van der Waals surface area contributed by atoms with E-state index in [-0.39, 0.29) is 17.4 Å².